The van der Waals surface area contributed by atoms with Gasteiger partial charge in [-0.15, -0.1) is 10.2 Å². The Hall–Kier alpha value is -1.91. The standard InChI is InChI=1S/C15H21N5/c1-12(2)20-11-17-18-15(20)13-6-5-9-19(10-13)14-7-3-4-8-16-14/h3-4,7-8,11-13H,5-6,9-10H2,1-2H3. The molecular weight excluding hydrogens is 250 g/mol. The molecular formula is C15H21N5. The van der Waals surface area contributed by atoms with Crippen molar-refractivity contribution in [2.75, 3.05) is 18.0 Å². The minimum absolute atomic E-state index is 0.408. The molecule has 3 heterocycles. The molecule has 20 heavy (non-hydrogen) atoms. The van der Waals surface area contributed by atoms with Gasteiger partial charge in [0.1, 0.15) is 18.0 Å². The van der Waals surface area contributed by atoms with Gasteiger partial charge in [-0.25, -0.2) is 4.98 Å². The highest BCUT2D eigenvalue weighted by atomic mass is 15.3. The molecule has 0 saturated carbocycles. The zero-order valence-electron chi connectivity index (χ0n) is 12.1. The quantitative estimate of drug-likeness (QED) is 0.861. The number of nitrogens with zero attached hydrogens (tertiary/aromatic N) is 5. The van der Waals surface area contributed by atoms with E-state index < -0.39 is 0 Å². The molecule has 106 valence electrons. The molecule has 1 aliphatic rings. The highest BCUT2D eigenvalue weighted by Gasteiger charge is 2.26. The largest absolute Gasteiger partial charge is 0.356 e. The molecule has 2 aromatic heterocycles. The van der Waals surface area contributed by atoms with Crippen molar-refractivity contribution in [1.82, 2.24) is 19.7 Å². The Morgan fingerprint density at radius 1 is 1.30 bits per heavy atom. The van der Waals surface area contributed by atoms with Crippen LogP contribution >= 0.6 is 0 Å². The Labute approximate surface area is 119 Å². The van der Waals surface area contributed by atoms with E-state index in [2.05, 4.69) is 44.6 Å². The van der Waals surface area contributed by atoms with Crippen LogP contribution in [-0.4, -0.2) is 32.8 Å². The fourth-order valence-electron chi connectivity index (χ4n) is 2.88. The van der Waals surface area contributed by atoms with Crippen LogP contribution in [0.3, 0.4) is 0 Å². The maximum absolute atomic E-state index is 4.46. The Kier molecular flexibility index (Phi) is 3.67. The molecule has 1 unspecified atom stereocenters. The fraction of sp³-hybridized carbons (Fsp3) is 0.533. The van der Waals surface area contributed by atoms with Gasteiger partial charge in [-0.3, -0.25) is 0 Å². The first kappa shape index (κ1) is 13.1. The summed E-state index contributed by atoms with van der Waals surface area (Å²) in [6, 6.07) is 6.49. The number of hydrogen-bond acceptors (Lipinski definition) is 4. The third-order valence-electron chi connectivity index (χ3n) is 3.92. The van der Waals surface area contributed by atoms with Crippen molar-refractivity contribution in [2.24, 2.45) is 0 Å². The van der Waals surface area contributed by atoms with E-state index in [1.165, 1.54) is 12.8 Å². The molecule has 5 heteroatoms. The van der Waals surface area contributed by atoms with Gasteiger partial charge in [0.2, 0.25) is 0 Å². The summed E-state index contributed by atoms with van der Waals surface area (Å²) >= 11 is 0. The Balaban J connectivity index is 1.80. The fourth-order valence-corrected chi connectivity index (χ4v) is 2.88. The summed E-state index contributed by atoms with van der Waals surface area (Å²) in [5.41, 5.74) is 0. The lowest BCUT2D eigenvalue weighted by Crippen LogP contribution is -2.36. The molecule has 1 atom stereocenters. The molecule has 0 aliphatic carbocycles. The summed E-state index contributed by atoms with van der Waals surface area (Å²) in [6.45, 7) is 6.39. The number of aromatic nitrogens is 4. The summed E-state index contributed by atoms with van der Waals surface area (Å²) in [4.78, 5) is 6.81. The van der Waals surface area contributed by atoms with Gasteiger partial charge in [0, 0.05) is 31.2 Å². The molecule has 0 radical (unpaired) electrons. The smallest absolute Gasteiger partial charge is 0.137 e. The van der Waals surface area contributed by atoms with E-state index in [9.17, 15) is 0 Å². The predicted octanol–water partition coefficient (Wildman–Crippen LogP) is 2.64. The minimum Gasteiger partial charge on any atom is -0.356 e. The van der Waals surface area contributed by atoms with Crippen molar-refractivity contribution >= 4 is 5.82 Å². The van der Waals surface area contributed by atoms with Crippen molar-refractivity contribution < 1.29 is 0 Å². The molecule has 1 aliphatic heterocycles. The first-order valence-corrected chi connectivity index (χ1v) is 7.31. The SMILES string of the molecule is CC(C)n1cnnc1C1CCCN(c2ccccn2)C1. The molecule has 0 bridgehead atoms. The molecule has 0 N–H and O–H groups in total. The topological polar surface area (TPSA) is 46.8 Å². The van der Waals surface area contributed by atoms with Crippen molar-refractivity contribution in [2.45, 2.75) is 38.6 Å². The lowest BCUT2D eigenvalue weighted by Gasteiger charge is -2.33. The molecule has 0 aromatic carbocycles. The van der Waals surface area contributed by atoms with Crippen LogP contribution in [0.2, 0.25) is 0 Å². The van der Waals surface area contributed by atoms with Gasteiger partial charge in [-0.05, 0) is 38.8 Å². The van der Waals surface area contributed by atoms with Crippen molar-refractivity contribution in [3.05, 3.63) is 36.5 Å². The normalized spacial score (nSPS) is 19.6. The van der Waals surface area contributed by atoms with Crippen LogP contribution in [0.25, 0.3) is 0 Å². The summed E-state index contributed by atoms with van der Waals surface area (Å²) in [7, 11) is 0. The van der Waals surface area contributed by atoms with Crippen LogP contribution in [0.1, 0.15) is 44.5 Å². The van der Waals surface area contributed by atoms with Gasteiger partial charge in [-0.1, -0.05) is 6.07 Å². The van der Waals surface area contributed by atoms with E-state index in [1.54, 1.807) is 0 Å². The van der Waals surface area contributed by atoms with Gasteiger partial charge in [0.25, 0.3) is 0 Å². The zero-order chi connectivity index (χ0) is 13.9. The number of pyridine rings is 1. The third-order valence-corrected chi connectivity index (χ3v) is 3.92. The molecule has 0 amide bonds. The van der Waals surface area contributed by atoms with Gasteiger partial charge in [-0.2, -0.15) is 0 Å². The van der Waals surface area contributed by atoms with Gasteiger partial charge in [0.15, 0.2) is 0 Å². The second-order valence-electron chi connectivity index (χ2n) is 5.66. The van der Waals surface area contributed by atoms with Crippen molar-refractivity contribution in [3.63, 3.8) is 0 Å². The van der Waals surface area contributed by atoms with E-state index >= 15 is 0 Å². The van der Waals surface area contributed by atoms with Crippen LogP contribution in [0.15, 0.2) is 30.7 Å². The molecule has 5 nitrogen and oxygen atoms in total. The maximum atomic E-state index is 4.46. The van der Waals surface area contributed by atoms with Gasteiger partial charge < -0.3 is 9.47 Å². The van der Waals surface area contributed by atoms with Gasteiger partial charge >= 0.3 is 0 Å². The van der Waals surface area contributed by atoms with Crippen molar-refractivity contribution in [3.8, 4) is 0 Å². The van der Waals surface area contributed by atoms with E-state index in [0.717, 1.165) is 24.7 Å². The number of anilines is 1. The number of piperidine rings is 1. The minimum atomic E-state index is 0.408. The first-order chi connectivity index (χ1) is 9.75. The predicted molar refractivity (Wildman–Crippen MR) is 78.8 cm³/mol. The maximum Gasteiger partial charge on any atom is 0.137 e. The van der Waals surface area contributed by atoms with Crippen LogP contribution in [0.5, 0.6) is 0 Å². The van der Waals surface area contributed by atoms with Crippen LogP contribution in [0.4, 0.5) is 5.82 Å². The second-order valence-corrected chi connectivity index (χ2v) is 5.66. The molecule has 1 saturated heterocycles. The van der Waals surface area contributed by atoms with E-state index in [1.807, 2.05) is 24.7 Å². The summed E-state index contributed by atoms with van der Waals surface area (Å²) in [5, 5.41) is 8.45. The lowest BCUT2D eigenvalue weighted by molar-refractivity contribution is 0.453. The van der Waals surface area contributed by atoms with E-state index in [4.69, 9.17) is 0 Å². The summed E-state index contributed by atoms with van der Waals surface area (Å²) in [6.07, 6.45) is 6.05. The van der Waals surface area contributed by atoms with Crippen LogP contribution < -0.4 is 4.90 Å². The molecule has 1 fully saturated rings. The molecule has 0 spiro atoms. The van der Waals surface area contributed by atoms with E-state index in [-0.39, 0.29) is 0 Å². The summed E-state index contributed by atoms with van der Waals surface area (Å²) in [5.74, 6) is 2.61. The van der Waals surface area contributed by atoms with Crippen LogP contribution in [-0.2, 0) is 0 Å². The van der Waals surface area contributed by atoms with Crippen LogP contribution in [0, 0.1) is 0 Å². The van der Waals surface area contributed by atoms with E-state index in [0.29, 0.717) is 12.0 Å². The third kappa shape index (κ3) is 2.53. The zero-order valence-corrected chi connectivity index (χ0v) is 12.1. The average Bonchev–Trinajstić information content (AvgIpc) is 2.98. The highest BCUT2D eigenvalue weighted by molar-refractivity contribution is 5.38. The monoisotopic (exact) mass is 271 g/mol. The molecule has 3 rings (SSSR count). The average molecular weight is 271 g/mol. The highest BCUT2D eigenvalue weighted by Crippen LogP contribution is 2.28. The first-order valence-electron chi connectivity index (χ1n) is 7.31. The van der Waals surface area contributed by atoms with Crippen molar-refractivity contribution in [1.29, 1.82) is 0 Å². The Morgan fingerprint density at radius 3 is 2.95 bits per heavy atom. The van der Waals surface area contributed by atoms with Gasteiger partial charge in [0.05, 0.1) is 0 Å². The number of rotatable bonds is 3. The second kappa shape index (κ2) is 5.61. The lowest BCUT2D eigenvalue weighted by atomic mass is 9.97. The Morgan fingerprint density at radius 2 is 2.20 bits per heavy atom. The molecule has 2 aromatic rings. The summed E-state index contributed by atoms with van der Waals surface area (Å²) < 4.78 is 2.19. The number of hydrogen-bond donors (Lipinski definition) is 0. The Bertz CT molecular complexity index is 548.